The van der Waals surface area contributed by atoms with Gasteiger partial charge in [-0.15, -0.1) is 0 Å². The Morgan fingerprint density at radius 3 is 2.76 bits per heavy atom. The van der Waals surface area contributed by atoms with Crippen LogP contribution in [0.5, 0.6) is 5.75 Å². The molecule has 118 valence electrons. The van der Waals surface area contributed by atoms with Crippen LogP contribution >= 0.6 is 15.9 Å². The minimum Gasteiger partial charge on any atom is -0.497 e. The van der Waals surface area contributed by atoms with Gasteiger partial charge in [0.2, 0.25) is 0 Å². The SMILES string of the molecule is COc1ccc(Br)c(NCCCCC(C)(C)/C(N)=N/O)c1. The van der Waals surface area contributed by atoms with Crippen molar-refractivity contribution >= 4 is 27.5 Å². The molecule has 0 aliphatic heterocycles. The molecule has 0 aromatic heterocycles. The first-order valence-corrected chi connectivity index (χ1v) is 7.75. The number of hydrogen-bond donors (Lipinski definition) is 3. The molecular formula is C15H24BrN3O2. The third kappa shape index (κ3) is 5.46. The van der Waals surface area contributed by atoms with Gasteiger partial charge in [-0.2, -0.15) is 0 Å². The van der Waals surface area contributed by atoms with E-state index in [0.717, 1.165) is 41.7 Å². The predicted molar refractivity (Wildman–Crippen MR) is 90.2 cm³/mol. The lowest BCUT2D eigenvalue weighted by Crippen LogP contribution is -2.31. The van der Waals surface area contributed by atoms with E-state index in [1.165, 1.54) is 0 Å². The molecule has 0 radical (unpaired) electrons. The van der Waals surface area contributed by atoms with Gasteiger partial charge in [-0.25, -0.2) is 0 Å². The number of halogens is 1. The van der Waals surface area contributed by atoms with Crippen LogP contribution in [-0.2, 0) is 0 Å². The molecular weight excluding hydrogens is 334 g/mol. The molecule has 21 heavy (non-hydrogen) atoms. The maximum Gasteiger partial charge on any atom is 0.144 e. The first-order chi connectivity index (χ1) is 9.90. The first kappa shape index (κ1) is 17.6. The molecule has 6 heteroatoms. The Labute approximate surface area is 134 Å². The van der Waals surface area contributed by atoms with Crippen LogP contribution in [0.2, 0.25) is 0 Å². The molecule has 0 spiro atoms. The van der Waals surface area contributed by atoms with E-state index in [9.17, 15) is 0 Å². The Morgan fingerprint density at radius 2 is 2.14 bits per heavy atom. The molecule has 1 aromatic rings. The summed E-state index contributed by atoms with van der Waals surface area (Å²) in [5.41, 5.74) is 6.42. The second kappa shape index (κ2) is 8.12. The smallest absolute Gasteiger partial charge is 0.144 e. The summed E-state index contributed by atoms with van der Waals surface area (Å²) < 4.78 is 6.22. The molecule has 0 saturated heterocycles. The lowest BCUT2D eigenvalue weighted by Gasteiger charge is -2.22. The lowest BCUT2D eigenvalue weighted by atomic mass is 9.86. The third-order valence-electron chi connectivity index (χ3n) is 3.52. The van der Waals surface area contributed by atoms with E-state index >= 15 is 0 Å². The highest BCUT2D eigenvalue weighted by atomic mass is 79.9. The molecule has 0 aliphatic rings. The molecule has 0 bridgehead atoms. The average molecular weight is 358 g/mol. The van der Waals surface area contributed by atoms with Crippen LogP contribution in [0.4, 0.5) is 5.69 Å². The fraction of sp³-hybridized carbons (Fsp3) is 0.533. The molecule has 5 nitrogen and oxygen atoms in total. The lowest BCUT2D eigenvalue weighted by molar-refractivity contribution is 0.304. The van der Waals surface area contributed by atoms with Gasteiger partial charge in [0.25, 0.3) is 0 Å². The second-order valence-electron chi connectivity index (χ2n) is 5.60. The van der Waals surface area contributed by atoms with Gasteiger partial charge >= 0.3 is 0 Å². The van der Waals surface area contributed by atoms with Crippen molar-refractivity contribution in [2.75, 3.05) is 19.0 Å². The van der Waals surface area contributed by atoms with E-state index in [4.69, 9.17) is 15.7 Å². The van der Waals surface area contributed by atoms with E-state index in [-0.39, 0.29) is 11.3 Å². The quantitative estimate of drug-likeness (QED) is 0.217. The zero-order valence-electron chi connectivity index (χ0n) is 12.8. The topological polar surface area (TPSA) is 79.9 Å². The fourth-order valence-electron chi connectivity index (χ4n) is 1.95. The summed E-state index contributed by atoms with van der Waals surface area (Å²) in [6, 6.07) is 5.84. The summed E-state index contributed by atoms with van der Waals surface area (Å²) in [5, 5.41) is 15.2. The van der Waals surface area contributed by atoms with Crippen molar-refractivity contribution in [1.29, 1.82) is 0 Å². The van der Waals surface area contributed by atoms with Gasteiger partial charge in [-0.05, 0) is 40.9 Å². The molecule has 1 rings (SSSR count). The van der Waals surface area contributed by atoms with Crippen molar-refractivity contribution in [2.45, 2.75) is 33.1 Å². The monoisotopic (exact) mass is 357 g/mol. The number of nitrogens with one attached hydrogen (secondary N) is 1. The van der Waals surface area contributed by atoms with Gasteiger partial charge < -0.3 is 21.0 Å². The number of amidine groups is 1. The first-order valence-electron chi connectivity index (χ1n) is 6.96. The number of hydrogen-bond acceptors (Lipinski definition) is 4. The van der Waals surface area contributed by atoms with Crippen LogP contribution in [-0.4, -0.2) is 24.7 Å². The van der Waals surface area contributed by atoms with Crippen LogP contribution in [0.1, 0.15) is 33.1 Å². The van der Waals surface area contributed by atoms with E-state index in [0.29, 0.717) is 0 Å². The van der Waals surface area contributed by atoms with Crippen LogP contribution in [0, 0.1) is 5.41 Å². The van der Waals surface area contributed by atoms with Gasteiger partial charge in [0.05, 0.1) is 12.8 Å². The Balaban J connectivity index is 2.38. The Kier molecular flexibility index (Phi) is 6.81. The summed E-state index contributed by atoms with van der Waals surface area (Å²) in [5.74, 6) is 1.11. The van der Waals surface area contributed by atoms with Gasteiger partial charge in [-0.1, -0.05) is 25.4 Å². The van der Waals surface area contributed by atoms with E-state index in [1.807, 2.05) is 32.0 Å². The Bertz CT molecular complexity index is 490. The summed E-state index contributed by atoms with van der Waals surface area (Å²) in [6.45, 7) is 4.82. The number of ether oxygens (including phenoxy) is 1. The maximum atomic E-state index is 8.74. The standard InChI is InChI=1S/C15H24BrN3O2/c1-15(2,14(17)19-20)8-4-5-9-18-13-10-11(21-3)6-7-12(13)16/h6-7,10,18,20H,4-5,8-9H2,1-3H3,(H2,17,19). The van der Waals surface area contributed by atoms with Crippen molar-refractivity contribution in [3.8, 4) is 5.75 Å². The normalized spacial score (nSPS) is 12.3. The Hall–Kier alpha value is -1.43. The molecule has 0 aliphatic carbocycles. The second-order valence-corrected chi connectivity index (χ2v) is 6.45. The number of nitrogens with two attached hydrogens (primary N) is 1. The van der Waals surface area contributed by atoms with Gasteiger partial charge in [0.15, 0.2) is 0 Å². The zero-order chi connectivity index (χ0) is 15.9. The number of methoxy groups -OCH3 is 1. The summed E-state index contributed by atoms with van der Waals surface area (Å²) in [7, 11) is 1.65. The van der Waals surface area contributed by atoms with Gasteiger partial charge in [0, 0.05) is 22.5 Å². The molecule has 0 amide bonds. The largest absolute Gasteiger partial charge is 0.497 e. The summed E-state index contributed by atoms with van der Waals surface area (Å²) in [4.78, 5) is 0. The zero-order valence-corrected chi connectivity index (χ0v) is 14.4. The number of unbranched alkanes of at least 4 members (excludes halogenated alkanes) is 1. The van der Waals surface area contributed by atoms with Gasteiger partial charge in [0.1, 0.15) is 11.6 Å². The van der Waals surface area contributed by atoms with Crippen LogP contribution in [0.15, 0.2) is 27.8 Å². The van der Waals surface area contributed by atoms with Crippen LogP contribution in [0.25, 0.3) is 0 Å². The molecule has 0 fully saturated rings. The van der Waals surface area contributed by atoms with Crippen molar-refractivity contribution in [2.24, 2.45) is 16.3 Å². The molecule has 0 saturated carbocycles. The number of rotatable bonds is 8. The highest BCUT2D eigenvalue weighted by Crippen LogP contribution is 2.27. The molecule has 1 aromatic carbocycles. The summed E-state index contributed by atoms with van der Waals surface area (Å²) in [6.07, 6.45) is 2.88. The Morgan fingerprint density at radius 1 is 1.43 bits per heavy atom. The number of oxime groups is 1. The van der Waals surface area contributed by atoms with E-state index in [1.54, 1.807) is 7.11 Å². The molecule has 4 N–H and O–H groups in total. The van der Waals surface area contributed by atoms with Crippen molar-refractivity contribution in [3.63, 3.8) is 0 Å². The summed E-state index contributed by atoms with van der Waals surface area (Å²) >= 11 is 3.51. The average Bonchev–Trinajstić information content (AvgIpc) is 2.47. The molecule has 0 heterocycles. The minimum absolute atomic E-state index is 0.273. The van der Waals surface area contributed by atoms with E-state index < -0.39 is 0 Å². The number of anilines is 1. The fourth-order valence-corrected chi connectivity index (χ4v) is 2.33. The minimum atomic E-state index is -0.273. The van der Waals surface area contributed by atoms with Crippen molar-refractivity contribution in [1.82, 2.24) is 0 Å². The van der Waals surface area contributed by atoms with Crippen LogP contribution < -0.4 is 15.8 Å². The van der Waals surface area contributed by atoms with Gasteiger partial charge in [-0.3, -0.25) is 0 Å². The maximum absolute atomic E-state index is 8.74. The molecule has 0 atom stereocenters. The predicted octanol–water partition coefficient (Wildman–Crippen LogP) is 3.81. The van der Waals surface area contributed by atoms with Crippen molar-refractivity contribution in [3.05, 3.63) is 22.7 Å². The molecule has 0 unspecified atom stereocenters. The highest BCUT2D eigenvalue weighted by Gasteiger charge is 2.22. The number of benzene rings is 1. The van der Waals surface area contributed by atoms with Crippen LogP contribution in [0.3, 0.4) is 0 Å². The van der Waals surface area contributed by atoms with E-state index in [2.05, 4.69) is 26.4 Å². The highest BCUT2D eigenvalue weighted by molar-refractivity contribution is 9.10. The van der Waals surface area contributed by atoms with Crippen molar-refractivity contribution < 1.29 is 9.94 Å². The third-order valence-corrected chi connectivity index (χ3v) is 4.21. The number of nitrogens with zero attached hydrogens (tertiary/aromatic N) is 1.